The molecule has 1 aromatic carbocycles. The van der Waals surface area contributed by atoms with Crippen LogP contribution in [0.15, 0.2) is 35.2 Å². The van der Waals surface area contributed by atoms with Crippen LogP contribution in [0.1, 0.15) is 20.3 Å². The number of rotatable bonds is 4. The monoisotopic (exact) mass is 344 g/mol. The summed E-state index contributed by atoms with van der Waals surface area (Å²) in [6, 6.07) is 8.33. The first-order chi connectivity index (χ1) is 10.4. The predicted octanol–water partition coefficient (Wildman–Crippen LogP) is 2.13. The molecule has 0 bridgehead atoms. The highest BCUT2D eigenvalue weighted by molar-refractivity contribution is 7.89. The van der Waals surface area contributed by atoms with Gasteiger partial charge in [-0.05, 0) is 24.5 Å². The summed E-state index contributed by atoms with van der Waals surface area (Å²) in [5.74, 6) is -0.387. The van der Waals surface area contributed by atoms with Gasteiger partial charge >= 0.3 is 0 Å². The van der Waals surface area contributed by atoms with Crippen molar-refractivity contribution in [2.24, 2.45) is 5.92 Å². The second kappa shape index (κ2) is 6.98. The quantitative estimate of drug-likeness (QED) is 0.786. The van der Waals surface area contributed by atoms with Gasteiger partial charge in [0.15, 0.2) is 0 Å². The van der Waals surface area contributed by atoms with E-state index in [1.165, 1.54) is 4.31 Å². The molecule has 2 rings (SSSR count). The van der Waals surface area contributed by atoms with Gasteiger partial charge in [0.2, 0.25) is 15.9 Å². The van der Waals surface area contributed by atoms with E-state index in [9.17, 15) is 13.2 Å². The van der Waals surface area contributed by atoms with E-state index in [1.54, 1.807) is 35.2 Å². The number of sulfonamides is 1. The fourth-order valence-electron chi connectivity index (χ4n) is 2.85. The molecule has 22 heavy (non-hydrogen) atoms. The lowest BCUT2D eigenvalue weighted by atomic mass is 10.1. The molecule has 0 radical (unpaired) electrons. The molecule has 1 fully saturated rings. The van der Waals surface area contributed by atoms with Gasteiger partial charge in [-0.3, -0.25) is 4.79 Å². The zero-order valence-electron chi connectivity index (χ0n) is 12.8. The molecule has 0 aromatic heterocycles. The van der Waals surface area contributed by atoms with E-state index >= 15 is 0 Å². The topological polar surface area (TPSA) is 57.7 Å². The van der Waals surface area contributed by atoms with Crippen LogP contribution in [0.2, 0.25) is 0 Å². The standard InChI is InChI=1S/C15H21ClN2O3S/c1-12(2)15-17(14(19)11-16)9-6-10-18(15)22(20,21)13-7-4-3-5-8-13/h3-5,7-8,12,15H,6,9-11H2,1-2H3/t15-/m1/s1. The van der Waals surface area contributed by atoms with Crippen LogP contribution in [0, 0.1) is 5.92 Å². The molecule has 0 spiro atoms. The summed E-state index contributed by atoms with van der Waals surface area (Å²) in [5, 5.41) is 0. The van der Waals surface area contributed by atoms with Crippen LogP contribution >= 0.6 is 11.6 Å². The molecule has 0 saturated carbocycles. The molecule has 0 aliphatic carbocycles. The van der Waals surface area contributed by atoms with Crippen LogP contribution in [-0.4, -0.2) is 48.7 Å². The van der Waals surface area contributed by atoms with E-state index in [-0.39, 0.29) is 22.6 Å². The number of hydrogen-bond acceptors (Lipinski definition) is 3. The molecule has 1 heterocycles. The Balaban J connectivity index is 2.41. The number of halogens is 1. The Kier molecular flexibility index (Phi) is 5.47. The van der Waals surface area contributed by atoms with Gasteiger partial charge in [-0.25, -0.2) is 8.42 Å². The van der Waals surface area contributed by atoms with Crippen molar-refractivity contribution >= 4 is 27.5 Å². The average Bonchev–Trinajstić information content (AvgIpc) is 2.54. The lowest BCUT2D eigenvalue weighted by Crippen LogP contribution is -2.60. The Morgan fingerprint density at radius 1 is 1.27 bits per heavy atom. The molecule has 1 atom stereocenters. The second-order valence-corrected chi connectivity index (χ2v) is 7.82. The van der Waals surface area contributed by atoms with Crippen molar-refractivity contribution in [2.45, 2.75) is 31.3 Å². The van der Waals surface area contributed by atoms with Crippen LogP contribution in [0.3, 0.4) is 0 Å². The van der Waals surface area contributed by atoms with E-state index in [0.29, 0.717) is 19.5 Å². The van der Waals surface area contributed by atoms with Crippen molar-refractivity contribution in [3.05, 3.63) is 30.3 Å². The van der Waals surface area contributed by atoms with Gasteiger partial charge < -0.3 is 4.90 Å². The molecule has 0 unspecified atom stereocenters. The third-order valence-electron chi connectivity index (χ3n) is 3.77. The smallest absolute Gasteiger partial charge is 0.244 e. The van der Waals surface area contributed by atoms with Gasteiger partial charge in [-0.15, -0.1) is 11.6 Å². The summed E-state index contributed by atoms with van der Waals surface area (Å²) >= 11 is 5.68. The average molecular weight is 345 g/mol. The molecule has 1 aliphatic heterocycles. The lowest BCUT2D eigenvalue weighted by molar-refractivity contribution is -0.137. The number of hydrogen-bond donors (Lipinski definition) is 0. The molecular weight excluding hydrogens is 324 g/mol. The van der Waals surface area contributed by atoms with Crippen molar-refractivity contribution in [1.29, 1.82) is 0 Å². The summed E-state index contributed by atoms with van der Waals surface area (Å²) in [5.41, 5.74) is 0. The van der Waals surface area contributed by atoms with Crippen molar-refractivity contribution in [1.82, 2.24) is 9.21 Å². The lowest BCUT2D eigenvalue weighted by Gasteiger charge is -2.44. The highest BCUT2D eigenvalue weighted by Gasteiger charge is 2.40. The number of carbonyl (C=O) groups excluding carboxylic acids is 1. The molecule has 1 saturated heterocycles. The number of nitrogens with zero attached hydrogens (tertiary/aromatic N) is 2. The number of carbonyl (C=O) groups is 1. The Hall–Kier alpha value is -1.11. The molecule has 122 valence electrons. The van der Waals surface area contributed by atoms with Gasteiger partial charge in [0.25, 0.3) is 0 Å². The summed E-state index contributed by atoms with van der Waals surface area (Å²) in [6.45, 7) is 4.78. The fraction of sp³-hybridized carbons (Fsp3) is 0.533. The highest BCUT2D eigenvalue weighted by Crippen LogP contribution is 2.28. The van der Waals surface area contributed by atoms with Gasteiger partial charge in [0, 0.05) is 13.1 Å². The molecule has 0 N–H and O–H groups in total. The Labute approximate surface area is 136 Å². The Morgan fingerprint density at radius 3 is 2.45 bits per heavy atom. The fourth-order valence-corrected chi connectivity index (χ4v) is 4.78. The van der Waals surface area contributed by atoms with Gasteiger partial charge in [0.05, 0.1) is 4.90 Å². The largest absolute Gasteiger partial charge is 0.325 e. The number of alkyl halides is 1. The maximum Gasteiger partial charge on any atom is 0.244 e. The first-order valence-corrected chi connectivity index (χ1v) is 9.29. The minimum absolute atomic E-state index is 0.0223. The molecule has 1 aromatic rings. The minimum atomic E-state index is -3.63. The van der Waals surface area contributed by atoms with E-state index in [1.807, 2.05) is 13.8 Å². The van der Waals surface area contributed by atoms with E-state index in [4.69, 9.17) is 11.6 Å². The van der Waals surface area contributed by atoms with E-state index < -0.39 is 16.2 Å². The maximum absolute atomic E-state index is 12.9. The normalized spacial score (nSPS) is 20.4. The summed E-state index contributed by atoms with van der Waals surface area (Å²) < 4.78 is 27.3. The van der Waals surface area contributed by atoms with E-state index in [2.05, 4.69) is 0 Å². The van der Waals surface area contributed by atoms with Gasteiger partial charge in [0.1, 0.15) is 12.0 Å². The number of amides is 1. The molecule has 7 heteroatoms. The zero-order chi connectivity index (χ0) is 16.3. The first kappa shape index (κ1) is 17.2. The van der Waals surface area contributed by atoms with Crippen LogP contribution in [-0.2, 0) is 14.8 Å². The third-order valence-corrected chi connectivity index (χ3v) is 5.89. The van der Waals surface area contributed by atoms with E-state index in [0.717, 1.165) is 0 Å². The summed E-state index contributed by atoms with van der Waals surface area (Å²) in [7, 11) is -3.63. The van der Waals surface area contributed by atoms with Gasteiger partial charge in [-0.2, -0.15) is 4.31 Å². The Morgan fingerprint density at radius 2 is 1.91 bits per heavy atom. The van der Waals surface area contributed by atoms with Gasteiger partial charge in [-0.1, -0.05) is 32.0 Å². The highest BCUT2D eigenvalue weighted by atomic mass is 35.5. The van der Waals surface area contributed by atoms with Crippen molar-refractivity contribution in [3.8, 4) is 0 Å². The third kappa shape index (κ3) is 3.29. The first-order valence-electron chi connectivity index (χ1n) is 7.32. The SMILES string of the molecule is CC(C)[C@@H]1N(C(=O)CCl)CCCN1S(=O)(=O)c1ccccc1. The molecule has 5 nitrogen and oxygen atoms in total. The maximum atomic E-state index is 12.9. The van der Waals surface area contributed by atoms with Crippen molar-refractivity contribution < 1.29 is 13.2 Å². The van der Waals surface area contributed by atoms with Crippen LogP contribution in [0.4, 0.5) is 0 Å². The van der Waals surface area contributed by atoms with Crippen LogP contribution in [0.5, 0.6) is 0 Å². The van der Waals surface area contributed by atoms with Crippen LogP contribution < -0.4 is 0 Å². The van der Waals surface area contributed by atoms with Crippen LogP contribution in [0.25, 0.3) is 0 Å². The zero-order valence-corrected chi connectivity index (χ0v) is 14.3. The molecular formula is C15H21ClN2O3S. The Bertz CT molecular complexity index is 619. The second-order valence-electron chi connectivity index (χ2n) is 5.66. The molecule has 1 aliphatic rings. The predicted molar refractivity (Wildman–Crippen MR) is 86.0 cm³/mol. The number of benzene rings is 1. The summed E-state index contributed by atoms with van der Waals surface area (Å²) in [6.07, 6.45) is 0.114. The molecule has 1 amide bonds. The van der Waals surface area contributed by atoms with Crippen molar-refractivity contribution in [3.63, 3.8) is 0 Å². The summed E-state index contributed by atoms with van der Waals surface area (Å²) in [4.78, 5) is 13.9. The van der Waals surface area contributed by atoms with Crippen molar-refractivity contribution in [2.75, 3.05) is 19.0 Å². The minimum Gasteiger partial charge on any atom is -0.325 e.